The molecule has 2 amide bonds. The lowest BCUT2D eigenvalue weighted by Gasteiger charge is -2.36. The van der Waals surface area contributed by atoms with Gasteiger partial charge in [0, 0.05) is 35.6 Å². The Balaban J connectivity index is 1.13. The van der Waals surface area contributed by atoms with E-state index in [1.54, 1.807) is 11.8 Å². The number of aliphatic hydroxyl groups excluding tert-OH is 1. The first-order valence-corrected chi connectivity index (χ1v) is 18.0. The molecule has 0 radical (unpaired) electrons. The van der Waals surface area contributed by atoms with Gasteiger partial charge in [-0.3, -0.25) is 0 Å². The molecule has 0 aromatic heterocycles. The van der Waals surface area contributed by atoms with Gasteiger partial charge in [0.1, 0.15) is 6.04 Å². The van der Waals surface area contributed by atoms with E-state index in [0.29, 0.717) is 12.8 Å². The summed E-state index contributed by atoms with van der Waals surface area (Å²) in [6.07, 6.45) is 0.272. The zero-order chi connectivity index (χ0) is 35.4. The second-order valence-corrected chi connectivity index (χ2v) is 13.4. The van der Waals surface area contributed by atoms with E-state index < -0.39 is 24.3 Å². The zero-order valence-electron chi connectivity index (χ0n) is 28.4. The van der Waals surface area contributed by atoms with E-state index in [1.807, 2.05) is 121 Å². The lowest BCUT2D eigenvalue weighted by atomic mass is 9.98. The van der Waals surface area contributed by atoms with Gasteiger partial charge in [0.2, 0.25) is 0 Å². The van der Waals surface area contributed by atoms with E-state index in [9.17, 15) is 14.7 Å². The molecule has 1 aliphatic heterocycles. The highest BCUT2D eigenvalue weighted by atomic mass is 32.2. The summed E-state index contributed by atoms with van der Waals surface area (Å²) in [7, 11) is 1.31. The second kappa shape index (κ2) is 17.8. The van der Waals surface area contributed by atoms with Crippen molar-refractivity contribution in [2.24, 2.45) is 0 Å². The van der Waals surface area contributed by atoms with Crippen molar-refractivity contribution in [1.29, 1.82) is 0 Å². The van der Waals surface area contributed by atoms with Crippen molar-refractivity contribution >= 4 is 23.8 Å². The molecule has 0 saturated carbocycles. The summed E-state index contributed by atoms with van der Waals surface area (Å²) in [6.45, 7) is 0.257. The largest absolute Gasteiger partial charge is 0.467 e. The highest BCUT2D eigenvalue weighted by Gasteiger charge is 2.32. The maximum atomic E-state index is 12.9. The summed E-state index contributed by atoms with van der Waals surface area (Å²) in [5.41, 5.74) is 6.62. The summed E-state index contributed by atoms with van der Waals surface area (Å²) in [6, 6.07) is 42.5. The molecule has 4 unspecified atom stereocenters. The van der Waals surface area contributed by atoms with Crippen LogP contribution in [-0.4, -0.2) is 42.1 Å². The number of hydrogen-bond donors (Lipinski definition) is 3. The van der Waals surface area contributed by atoms with Crippen LogP contribution in [0.1, 0.15) is 46.6 Å². The Labute approximate surface area is 303 Å². The Morgan fingerprint density at radius 1 is 0.804 bits per heavy atom. The van der Waals surface area contributed by atoms with Crippen LogP contribution in [0.15, 0.2) is 138 Å². The molecule has 1 fully saturated rings. The van der Waals surface area contributed by atoms with Crippen molar-refractivity contribution in [3.05, 3.63) is 161 Å². The fourth-order valence-electron chi connectivity index (χ4n) is 6.07. The summed E-state index contributed by atoms with van der Waals surface area (Å²) in [5, 5.41) is 15.2. The minimum Gasteiger partial charge on any atom is -0.467 e. The first-order chi connectivity index (χ1) is 25.0. The molecule has 1 aliphatic rings. The lowest BCUT2D eigenvalue weighted by molar-refractivity contribution is -0.245. The average molecular weight is 703 g/mol. The molecule has 0 bridgehead atoms. The van der Waals surface area contributed by atoms with Crippen LogP contribution in [0, 0.1) is 0 Å². The minimum atomic E-state index is -0.819. The standard InChI is InChI=1S/C42H42N2O6S/c1-48-40(46)38(24-29-10-4-2-5-11-29)44-42(47)43-26-34-12-8-9-15-37(34)31-20-22-33(23-21-31)41-49-35(28-51-36-13-6-3-7-14-36)25-39(50-41)32-18-16-30(27-45)17-19-32/h2-23,35,38-39,41,45H,24-28H2,1H3,(H2,43,44,47). The van der Waals surface area contributed by atoms with Crippen molar-refractivity contribution in [1.82, 2.24) is 10.6 Å². The van der Waals surface area contributed by atoms with Crippen LogP contribution in [0.25, 0.3) is 11.1 Å². The molecule has 9 heteroatoms. The Bertz CT molecular complexity index is 1850. The highest BCUT2D eigenvalue weighted by Crippen LogP contribution is 2.40. The van der Waals surface area contributed by atoms with Crippen LogP contribution < -0.4 is 10.6 Å². The highest BCUT2D eigenvalue weighted by molar-refractivity contribution is 7.99. The third kappa shape index (κ3) is 9.86. The van der Waals surface area contributed by atoms with Crippen LogP contribution in [0.5, 0.6) is 0 Å². The number of urea groups is 1. The van der Waals surface area contributed by atoms with E-state index in [-0.39, 0.29) is 25.4 Å². The number of methoxy groups -OCH3 is 1. The molecular formula is C42H42N2O6S. The predicted molar refractivity (Wildman–Crippen MR) is 199 cm³/mol. The Kier molecular flexibility index (Phi) is 12.5. The molecule has 1 heterocycles. The van der Waals surface area contributed by atoms with Gasteiger partial charge in [0.05, 0.1) is 25.9 Å². The number of nitrogens with one attached hydrogen (secondary N) is 2. The van der Waals surface area contributed by atoms with E-state index >= 15 is 0 Å². The molecule has 8 nitrogen and oxygen atoms in total. The molecule has 262 valence electrons. The van der Waals surface area contributed by atoms with Crippen LogP contribution in [0.4, 0.5) is 4.79 Å². The molecule has 4 atom stereocenters. The third-order valence-electron chi connectivity index (χ3n) is 8.82. The van der Waals surface area contributed by atoms with Gasteiger partial charge in [-0.2, -0.15) is 0 Å². The van der Waals surface area contributed by atoms with E-state index in [0.717, 1.165) is 44.7 Å². The number of aliphatic hydroxyl groups is 1. The summed E-state index contributed by atoms with van der Waals surface area (Å²) < 4.78 is 18.1. The van der Waals surface area contributed by atoms with Crippen LogP contribution in [-0.2, 0) is 38.6 Å². The molecule has 5 aromatic rings. The van der Waals surface area contributed by atoms with Crippen molar-refractivity contribution in [3.8, 4) is 11.1 Å². The minimum absolute atomic E-state index is 0.00274. The molecule has 1 saturated heterocycles. The monoisotopic (exact) mass is 702 g/mol. The van der Waals surface area contributed by atoms with E-state index in [4.69, 9.17) is 14.2 Å². The van der Waals surface area contributed by atoms with Crippen LogP contribution in [0.2, 0.25) is 0 Å². The first-order valence-electron chi connectivity index (χ1n) is 17.0. The topological polar surface area (TPSA) is 106 Å². The average Bonchev–Trinajstić information content (AvgIpc) is 3.19. The van der Waals surface area contributed by atoms with Gasteiger partial charge >= 0.3 is 12.0 Å². The number of rotatable bonds is 13. The molecule has 3 N–H and O–H groups in total. The third-order valence-corrected chi connectivity index (χ3v) is 9.96. The number of amides is 2. The van der Waals surface area contributed by atoms with Crippen molar-refractivity contribution in [2.45, 2.75) is 55.4 Å². The number of ether oxygens (including phenoxy) is 3. The molecule has 5 aromatic carbocycles. The fraction of sp³-hybridized carbons (Fsp3) is 0.238. The smallest absolute Gasteiger partial charge is 0.328 e. The maximum absolute atomic E-state index is 12.9. The lowest BCUT2D eigenvalue weighted by Crippen LogP contribution is -2.47. The normalized spacial score (nSPS) is 17.6. The van der Waals surface area contributed by atoms with Gasteiger partial charge in [0.25, 0.3) is 0 Å². The predicted octanol–water partition coefficient (Wildman–Crippen LogP) is 7.77. The SMILES string of the molecule is COC(=O)C(Cc1ccccc1)NC(=O)NCc1ccccc1-c1ccc(C2OC(CSc3ccccc3)CC(c3ccc(CO)cc3)O2)cc1. The van der Waals surface area contributed by atoms with Gasteiger partial charge in [0.15, 0.2) is 6.29 Å². The van der Waals surface area contributed by atoms with Gasteiger partial charge in [-0.1, -0.05) is 121 Å². The van der Waals surface area contributed by atoms with Gasteiger partial charge in [-0.15, -0.1) is 11.8 Å². The zero-order valence-corrected chi connectivity index (χ0v) is 29.3. The van der Waals surface area contributed by atoms with E-state index in [2.05, 4.69) is 22.8 Å². The Hall–Kier alpha value is -4.93. The van der Waals surface area contributed by atoms with Gasteiger partial charge < -0.3 is 30.0 Å². The Morgan fingerprint density at radius 3 is 2.18 bits per heavy atom. The number of hydrogen-bond acceptors (Lipinski definition) is 7. The summed E-state index contributed by atoms with van der Waals surface area (Å²) >= 11 is 1.77. The van der Waals surface area contributed by atoms with Crippen molar-refractivity contribution in [3.63, 3.8) is 0 Å². The number of thioether (sulfide) groups is 1. The van der Waals surface area contributed by atoms with E-state index in [1.165, 1.54) is 12.0 Å². The fourth-order valence-corrected chi connectivity index (χ4v) is 7.02. The molecule has 6 rings (SSSR count). The number of carbonyl (C=O) groups is 2. The van der Waals surface area contributed by atoms with Gasteiger partial charge in [-0.25, -0.2) is 9.59 Å². The van der Waals surface area contributed by atoms with Crippen molar-refractivity contribution < 1.29 is 28.9 Å². The number of benzene rings is 5. The van der Waals surface area contributed by atoms with Crippen molar-refractivity contribution in [2.75, 3.05) is 12.9 Å². The number of esters is 1. The maximum Gasteiger partial charge on any atom is 0.328 e. The number of carbonyl (C=O) groups excluding carboxylic acids is 2. The Morgan fingerprint density at radius 2 is 1.47 bits per heavy atom. The summed E-state index contributed by atoms with van der Waals surface area (Å²) in [4.78, 5) is 26.6. The second-order valence-electron chi connectivity index (χ2n) is 12.3. The first kappa shape index (κ1) is 35.9. The quantitative estimate of drug-likeness (QED) is 0.0851. The van der Waals surface area contributed by atoms with Crippen LogP contribution >= 0.6 is 11.8 Å². The van der Waals surface area contributed by atoms with Crippen LogP contribution in [0.3, 0.4) is 0 Å². The molecule has 0 aliphatic carbocycles. The molecular weight excluding hydrogens is 661 g/mol. The summed E-state index contributed by atoms with van der Waals surface area (Å²) in [5.74, 6) is 0.279. The van der Waals surface area contributed by atoms with Gasteiger partial charge in [-0.05, 0) is 45.5 Å². The molecule has 0 spiro atoms. The molecule has 51 heavy (non-hydrogen) atoms.